The molecule has 2 aromatic carbocycles. The van der Waals surface area contributed by atoms with Gasteiger partial charge in [-0.2, -0.15) is 0 Å². The van der Waals surface area contributed by atoms with Crippen molar-refractivity contribution >= 4 is 17.7 Å². The van der Waals surface area contributed by atoms with Gasteiger partial charge in [-0.25, -0.2) is 0 Å². The summed E-state index contributed by atoms with van der Waals surface area (Å²) in [4.78, 5) is 12.1. The number of hydrogen-bond acceptors (Lipinski definition) is 4. The molecule has 3 aromatic rings. The van der Waals surface area contributed by atoms with Crippen LogP contribution >= 0.6 is 11.8 Å². The Hall–Kier alpha value is -2.60. The van der Waals surface area contributed by atoms with Crippen LogP contribution in [0, 0.1) is 19.8 Å². The highest BCUT2D eigenvalue weighted by molar-refractivity contribution is 7.98. The predicted molar refractivity (Wildman–Crippen MR) is 118 cm³/mol. The van der Waals surface area contributed by atoms with Crippen molar-refractivity contribution < 1.29 is 4.79 Å². The number of nitrogens with one attached hydrogen (secondary N) is 1. The van der Waals surface area contributed by atoms with E-state index in [1.54, 1.807) is 11.8 Å². The zero-order chi connectivity index (χ0) is 20.8. The van der Waals surface area contributed by atoms with Crippen LogP contribution in [-0.2, 0) is 17.1 Å². The number of carbonyl (C=O) groups is 1. The lowest BCUT2D eigenvalue weighted by atomic mass is 10.1. The molecular weight excluding hydrogens is 380 g/mol. The van der Waals surface area contributed by atoms with Crippen molar-refractivity contribution in [2.75, 3.05) is 0 Å². The lowest BCUT2D eigenvalue weighted by Gasteiger charge is -2.12. The third kappa shape index (κ3) is 5.70. The molecule has 0 spiro atoms. The minimum absolute atomic E-state index is 0.0348. The van der Waals surface area contributed by atoms with E-state index >= 15 is 0 Å². The first-order valence-corrected chi connectivity index (χ1v) is 10.9. The van der Waals surface area contributed by atoms with Gasteiger partial charge >= 0.3 is 0 Å². The highest BCUT2D eigenvalue weighted by atomic mass is 32.2. The van der Waals surface area contributed by atoms with Gasteiger partial charge in [0.1, 0.15) is 0 Å². The molecule has 1 N–H and O–H groups in total. The van der Waals surface area contributed by atoms with E-state index in [0.717, 1.165) is 22.4 Å². The SMILES string of the molecule is Cc1ccc(-n2c(CNC(=O)CC(C)C)nnc2SCc2ccccc2C)cc1. The van der Waals surface area contributed by atoms with Crippen LogP contribution in [0.25, 0.3) is 5.69 Å². The molecule has 0 fully saturated rings. The summed E-state index contributed by atoms with van der Waals surface area (Å²) < 4.78 is 2.04. The van der Waals surface area contributed by atoms with Crippen LogP contribution in [0.1, 0.15) is 42.8 Å². The molecule has 29 heavy (non-hydrogen) atoms. The zero-order valence-corrected chi connectivity index (χ0v) is 18.3. The number of rotatable bonds is 8. The Morgan fingerprint density at radius 2 is 1.79 bits per heavy atom. The number of aromatic nitrogens is 3. The van der Waals surface area contributed by atoms with E-state index in [0.29, 0.717) is 18.9 Å². The summed E-state index contributed by atoms with van der Waals surface area (Å²) in [6.45, 7) is 8.62. The lowest BCUT2D eigenvalue weighted by Crippen LogP contribution is -2.25. The van der Waals surface area contributed by atoms with Gasteiger partial charge in [0.2, 0.25) is 5.91 Å². The van der Waals surface area contributed by atoms with Crippen LogP contribution < -0.4 is 5.32 Å². The predicted octanol–water partition coefficient (Wildman–Crippen LogP) is 4.84. The third-order valence-corrected chi connectivity index (χ3v) is 5.63. The van der Waals surface area contributed by atoms with Crippen molar-refractivity contribution in [3.05, 3.63) is 71.0 Å². The summed E-state index contributed by atoms with van der Waals surface area (Å²) in [5.74, 6) is 1.91. The van der Waals surface area contributed by atoms with E-state index in [9.17, 15) is 4.79 Å². The minimum Gasteiger partial charge on any atom is -0.349 e. The molecule has 152 valence electrons. The first-order chi connectivity index (χ1) is 13.9. The van der Waals surface area contributed by atoms with E-state index in [-0.39, 0.29) is 5.91 Å². The summed E-state index contributed by atoms with van der Waals surface area (Å²) >= 11 is 1.66. The van der Waals surface area contributed by atoms with Gasteiger partial charge in [-0.15, -0.1) is 10.2 Å². The maximum atomic E-state index is 12.1. The van der Waals surface area contributed by atoms with Gasteiger partial charge in [0.25, 0.3) is 0 Å². The van der Waals surface area contributed by atoms with Crippen LogP contribution in [0.2, 0.25) is 0 Å². The van der Waals surface area contributed by atoms with Crippen LogP contribution in [0.3, 0.4) is 0 Å². The molecule has 0 aliphatic carbocycles. The Kier molecular flexibility index (Phi) is 7.09. The maximum Gasteiger partial charge on any atom is 0.220 e. The first kappa shape index (κ1) is 21.1. The topological polar surface area (TPSA) is 59.8 Å². The average molecular weight is 409 g/mol. The Labute approximate surface area is 176 Å². The van der Waals surface area contributed by atoms with Gasteiger partial charge < -0.3 is 5.32 Å². The number of benzene rings is 2. The second-order valence-electron chi connectivity index (χ2n) is 7.66. The van der Waals surface area contributed by atoms with Crippen molar-refractivity contribution in [1.82, 2.24) is 20.1 Å². The standard InChI is InChI=1S/C23H28N4OS/c1-16(2)13-22(28)24-14-21-25-26-23(27(21)20-11-9-17(3)10-12-20)29-15-19-8-6-5-7-18(19)4/h5-12,16H,13-15H2,1-4H3,(H,24,28). The van der Waals surface area contributed by atoms with Crippen molar-refractivity contribution in [2.45, 2.75) is 51.6 Å². The number of nitrogens with zero attached hydrogens (tertiary/aromatic N) is 3. The Balaban J connectivity index is 1.83. The van der Waals surface area contributed by atoms with E-state index in [1.165, 1.54) is 16.7 Å². The number of carbonyl (C=O) groups excluding carboxylic acids is 1. The molecule has 0 bridgehead atoms. The summed E-state index contributed by atoms with van der Waals surface area (Å²) in [6, 6.07) is 16.7. The zero-order valence-electron chi connectivity index (χ0n) is 17.5. The van der Waals surface area contributed by atoms with E-state index in [2.05, 4.69) is 77.9 Å². The summed E-state index contributed by atoms with van der Waals surface area (Å²) in [6.07, 6.45) is 0.508. The number of thioether (sulfide) groups is 1. The summed E-state index contributed by atoms with van der Waals surface area (Å²) in [5, 5.41) is 12.6. The van der Waals surface area contributed by atoms with Gasteiger partial charge in [-0.05, 0) is 43.0 Å². The van der Waals surface area contributed by atoms with Crippen molar-refractivity contribution in [2.24, 2.45) is 5.92 Å². The van der Waals surface area contributed by atoms with Crippen molar-refractivity contribution in [3.8, 4) is 5.69 Å². The molecule has 1 aromatic heterocycles. The molecule has 1 amide bonds. The van der Waals surface area contributed by atoms with Gasteiger partial charge in [0, 0.05) is 17.9 Å². The van der Waals surface area contributed by atoms with E-state index < -0.39 is 0 Å². The highest BCUT2D eigenvalue weighted by Crippen LogP contribution is 2.26. The number of aryl methyl sites for hydroxylation is 2. The van der Waals surface area contributed by atoms with Crippen LogP contribution in [0.4, 0.5) is 0 Å². The molecule has 0 saturated heterocycles. The molecule has 0 aliphatic heterocycles. The first-order valence-electron chi connectivity index (χ1n) is 9.89. The monoisotopic (exact) mass is 408 g/mol. The van der Waals surface area contributed by atoms with Gasteiger partial charge in [-0.1, -0.05) is 67.6 Å². The van der Waals surface area contributed by atoms with Crippen LogP contribution in [-0.4, -0.2) is 20.7 Å². The normalized spacial score (nSPS) is 11.1. The fourth-order valence-corrected chi connectivity index (χ4v) is 4.04. The molecule has 1 heterocycles. The summed E-state index contributed by atoms with van der Waals surface area (Å²) in [5.41, 5.74) is 4.74. The largest absolute Gasteiger partial charge is 0.349 e. The van der Waals surface area contributed by atoms with Crippen molar-refractivity contribution in [3.63, 3.8) is 0 Å². The Bertz CT molecular complexity index is 963. The Morgan fingerprint density at radius 1 is 1.07 bits per heavy atom. The minimum atomic E-state index is 0.0348. The molecular formula is C23H28N4OS. The smallest absolute Gasteiger partial charge is 0.220 e. The number of amides is 1. The second kappa shape index (κ2) is 9.74. The van der Waals surface area contributed by atoms with E-state index in [4.69, 9.17) is 0 Å². The maximum absolute atomic E-state index is 12.1. The van der Waals surface area contributed by atoms with Gasteiger partial charge in [0.05, 0.1) is 6.54 Å². The quantitative estimate of drug-likeness (QED) is 0.542. The fourth-order valence-electron chi connectivity index (χ4n) is 3.00. The molecule has 6 heteroatoms. The Morgan fingerprint density at radius 3 is 2.48 bits per heavy atom. The number of hydrogen-bond donors (Lipinski definition) is 1. The highest BCUT2D eigenvalue weighted by Gasteiger charge is 2.16. The molecule has 5 nitrogen and oxygen atoms in total. The second-order valence-corrected chi connectivity index (χ2v) is 8.60. The molecule has 0 unspecified atom stereocenters. The van der Waals surface area contributed by atoms with Gasteiger partial charge in [0.15, 0.2) is 11.0 Å². The molecule has 0 atom stereocenters. The van der Waals surface area contributed by atoms with Crippen LogP contribution in [0.15, 0.2) is 53.7 Å². The summed E-state index contributed by atoms with van der Waals surface area (Å²) in [7, 11) is 0. The van der Waals surface area contributed by atoms with Crippen molar-refractivity contribution in [1.29, 1.82) is 0 Å². The molecule has 3 rings (SSSR count). The fraction of sp³-hybridized carbons (Fsp3) is 0.348. The van der Waals surface area contributed by atoms with Crippen LogP contribution in [0.5, 0.6) is 0 Å². The molecule has 0 radical (unpaired) electrons. The average Bonchev–Trinajstić information content (AvgIpc) is 3.09. The molecule has 0 saturated carbocycles. The lowest BCUT2D eigenvalue weighted by molar-refractivity contribution is -0.122. The molecule has 0 aliphatic rings. The van der Waals surface area contributed by atoms with Gasteiger partial charge in [-0.3, -0.25) is 9.36 Å². The third-order valence-electron chi connectivity index (χ3n) is 4.65. The van der Waals surface area contributed by atoms with E-state index in [1.807, 2.05) is 18.4 Å².